The highest BCUT2D eigenvalue weighted by Crippen LogP contribution is 2.15. The molecule has 0 spiro atoms. The number of hydrogen-bond acceptors (Lipinski definition) is 0. The first-order chi connectivity index (χ1) is 5.74. The quantitative estimate of drug-likeness (QED) is 0.510. The molecule has 1 atom stereocenters. The Hall–Kier alpha value is -0.260. The van der Waals surface area contributed by atoms with Crippen LogP contribution < -0.4 is 0 Å². The lowest BCUT2D eigenvalue weighted by atomic mass is 9.99. The van der Waals surface area contributed by atoms with Gasteiger partial charge in [0.1, 0.15) is 0 Å². The van der Waals surface area contributed by atoms with E-state index in [-0.39, 0.29) is 0 Å². The molecular formula is C12H24. The van der Waals surface area contributed by atoms with Crippen molar-refractivity contribution in [3.8, 4) is 0 Å². The van der Waals surface area contributed by atoms with E-state index in [0.29, 0.717) is 0 Å². The monoisotopic (exact) mass is 168 g/mol. The zero-order valence-electron chi connectivity index (χ0n) is 9.19. The molecule has 0 saturated heterocycles. The van der Waals surface area contributed by atoms with E-state index in [4.69, 9.17) is 0 Å². The van der Waals surface area contributed by atoms with Crippen molar-refractivity contribution in [2.75, 3.05) is 0 Å². The molecule has 0 aromatic heterocycles. The minimum atomic E-state index is 0.775. The molecule has 0 saturated carbocycles. The van der Waals surface area contributed by atoms with Gasteiger partial charge in [-0.1, -0.05) is 52.2 Å². The van der Waals surface area contributed by atoms with Crippen molar-refractivity contribution in [3.05, 3.63) is 11.6 Å². The zero-order valence-corrected chi connectivity index (χ0v) is 9.19. The van der Waals surface area contributed by atoms with Crippen molar-refractivity contribution in [2.24, 2.45) is 5.92 Å². The molecule has 0 aliphatic carbocycles. The minimum Gasteiger partial charge on any atom is -0.0825 e. The average Bonchev–Trinajstić information content (AvgIpc) is 2.11. The fourth-order valence-electron chi connectivity index (χ4n) is 1.30. The van der Waals surface area contributed by atoms with Crippen molar-refractivity contribution in [1.82, 2.24) is 0 Å². The lowest BCUT2D eigenvalue weighted by Crippen LogP contribution is -1.90. The van der Waals surface area contributed by atoms with Crippen LogP contribution in [0.3, 0.4) is 0 Å². The number of unbranched alkanes of at least 4 members (excludes halogenated alkanes) is 1. The van der Waals surface area contributed by atoms with E-state index >= 15 is 0 Å². The Kier molecular flexibility index (Phi) is 7.23. The van der Waals surface area contributed by atoms with Crippen molar-refractivity contribution in [2.45, 2.75) is 59.8 Å². The Morgan fingerprint density at radius 2 is 1.92 bits per heavy atom. The third-order valence-corrected chi connectivity index (χ3v) is 2.47. The zero-order chi connectivity index (χ0) is 9.40. The van der Waals surface area contributed by atoms with Crippen LogP contribution in [0.5, 0.6) is 0 Å². The molecule has 0 N–H and O–H groups in total. The van der Waals surface area contributed by atoms with Crippen molar-refractivity contribution < 1.29 is 0 Å². The molecule has 0 bridgehead atoms. The highest BCUT2D eigenvalue weighted by Gasteiger charge is 1.97. The van der Waals surface area contributed by atoms with Gasteiger partial charge in [0, 0.05) is 0 Å². The van der Waals surface area contributed by atoms with E-state index in [1.54, 1.807) is 5.57 Å². The predicted molar refractivity (Wildman–Crippen MR) is 57.4 cm³/mol. The van der Waals surface area contributed by atoms with E-state index in [9.17, 15) is 0 Å². The van der Waals surface area contributed by atoms with Crippen molar-refractivity contribution in [1.29, 1.82) is 0 Å². The van der Waals surface area contributed by atoms with E-state index in [0.717, 1.165) is 5.92 Å². The average molecular weight is 168 g/mol. The largest absolute Gasteiger partial charge is 0.0825 e. The molecule has 72 valence electrons. The SMILES string of the molecule is CCCC/C(=C/C(C)CC)CC. The standard InChI is InChI=1S/C12H24/c1-5-8-9-12(7-3)10-11(4)6-2/h10-11H,5-9H2,1-4H3/b12-10+. The summed E-state index contributed by atoms with van der Waals surface area (Å²) in [6.45, 7) is 9.09. The van der Waals surface area contributed by atoms with E-state index in [2.05, 4.69) is 33.8 Å². The first kappa shape index (κ1) is 11.7. The summed E-state index contributed by atoms with van der Waals surface area (Å²) < 4.78 is 0. The Morgan fingerprint density at radius 1 is 1.25 bits per heavy atom. The molecule has 0 heterocycles. The molecule has 12 heavy (non-hydrogen) atoms. The molecule has 0 rings (SSSR count). The maximum Gasteiger partial charge on any atom is -0.0262 e. The fourth-order valence-corrected chi connectivity index (χ4v) is 1.30. The summed E-state index contributed by atoms with van der Waals surface area (Å²) in [7, 11) is 0. The molecule has 0 aliphatic rings. The van der Waals surface area contributed by atoms with Gasteiger partial charge in [0.25, 0.3) is 0 Å². The van der Waals surface area contributed by atoms with Gasteiger partial charge in [-0.05, 0) is 25.2 Å². The normalized spacial score (nSPS) is 14.8. The fraction of sp³-hybridized carbons (Fsp3) is 0.833. The highest BCUT2D eigenvalue weighted by molar-refractivity contribution is 5.02. The third-order valence-electron chi connectivity index (χ3n) is 2.47. The van der Waals surface area contributed by atoms with Crippen LogP contribution >= 0.6 is 0 Å². The van der Waals surface area contributed by atoms with Gasteiger partial charge in [-0.15, -0.1) is 0 Å². The van der Waals surface area contributed by atoms with Crippen molar-refractivity contribution in [3.63, 3.8) is 0 Å². The smallest absolute Gasteiger partial charge is 0.0262 e. The second kappa shape index (κ2) is 7.39. The van der Waals surface area contributed by atoms with Gasteiger partial charge in [-0.2, -0.15) is 0 Å². The Balaban J connectivity index is 3.85. The molecule has 0 aromatic rings. The van der Waals surface area contributed by atoms with Crippen LogP contribution in [0.4, 0.5) is 0 Å². The highest BCUT2D eigenvalue weighted by atomic mass is 14.0. The number of rotatable bonds is 6. The predicted octanol–water partition coefficient (Wildman–Crippen LogP) is 4.56. The maximum absolute atomic E-state index is 2.47. The topological polar surface area (TPSA) is 0 Å². The molecule has 0 aliphatic heterocycles. The van der Waals surface area contributed by atoms with Gasteiger partial charge in [0.15, 0.2) is 0 Å². The van der Waals surface area contributed by atoms with Gasteiger partial charge in [0.05, 0.1) is 0 Å². The van der Waals surface area contributed by atoms with Crippen LogP contribution in [-0.2, 0) is 0 Å². The molecule has 0 amide bonds. The van der Waals surface area contributed by atoms with Crippen LogP contribution in [0.1, 0.15) is 59.8 Å². The Labute approximate surface area is 78.1 Å². The maximum atomic E-state index is 2.47. The summed E-state index contributed by atoms with van der Waals surface area (Å²) in [6.07, 6.45) is 8.97. The first-order valence-corrected chi connectivity index (χ1v) is 5.44. The number of hydrogen-bond donors (Lipinski definition) is 0. The van der Waals surface area contributed by atoms with E-state index in [1.165, 1.54) is 32.1 Å². The molecule has 0 fully saturated rings. The lowest BCUT2D eigenvalue weighted by Gasteiger charge is -2.07. The molecule has 0 heteroatoms. The van der Waals surface area contributed by atoms with Crippen LogP contribution in [0, 0.1) is 5.92 Å². The van der Waals surface area contributed by atoms with Gasteiger partial charge >= 0.3 is 0 Å². The second-order valence-corrected chi connectivity index (χ2v) is 3.67. The Morgan fingerprint density at radius 3 is 2.33 bits per heavy atom. The van der Waals surface area contributed by atoms with Gasteiger partial charge in [0.2, 0.25) is 0 Å². The van der Waals surface area contributed by atoms with Crippen LogP contribution in [-0.4, -0.2) is 0 Å². The molecular weight excluding hydrogens is 144 g/mol. The Bertz CT molecular complexity index is 122. The second-order valence-electron chi connectivity index (χ2n) is 3.67. The first-order valence-electron chi connectivity index (χ1n) is 5.44. The lowest BCUT2D eigenvalue weighted by molar-refractivity contribution is 0.674. The van der Waals surface area contributed by atoms with Gasteiger partial charge in [-0.25, -0.2) is 0 Å². The summed E-state index contributed by atoms with van der Waals surface area (Å²) in [5.74, 6) is 0.775. The van der Waals surface area contributed by atoms with Gasteiger partial charge in [-0.3, -0.25) is 0 Å². The summed E-state index contributed by atoms with van der Waals surface area (Å²) in [5.41, 5.74) is 1.66. The van der Waals surface area contributed by atoms with Crippen LogP contribution in [0.25, 0.3) is 0 Å². The van der Waals surface area contributed by atoms with E-state index in [1.807, 2.05) is 0 Å². The molecule has 0 nitrogen and oxygen atoms in total. The number of allylic oxidation sites excluding steroid dienone is 2. The minimum absolute atomic E-state index is 0.775. The third kappa shape index (κ3) is 5.40. The van der Waals surface area contributed by atoms with Crippen LogP contribution in [0.15, 0.2) is 11.6 Å². The summed E-state index contributed by atoms with van der Waals surface area (Å²) in [6, 6.07) is 0. The van der Waals surface area contributed by atoms with Crippen LogP contribution in [0.2, 0.25) is 0 Å². The summed E-state index contributed by atoms with van der Waals surface area (Å²) in [4.78, 5) is 0. The molecule has 0 aromatic carbocycles. The van der Waals surface area contributed by atoms with E-state index < -0.39 is 0 Å². The molecule has 0 radical (unpaired) electrons. The van der Waals surface area contributed by atoms with Crippen molar-refractivity contribution >= 4 is 0 Å². The summed E-state index contributed by atoms with van der Waals surface area (Å²) in [5, 5.41) is 0. The summed E-state index contributed by atoms with van der Waals surface area (Å²) >= 11 is 0. The van der Waals surface area contributed by atoms with Gasteiger partial charge < -0.3 is 0 Å². The molecule has 1 unspecified atom stereocenters.